The van der Waals surface area contributed by atoms with Gasteiger partial charge in [-0.15, -0.1) is 0 Å². The third-order valence-electron chi connectivity index (χ3n) is 2.38. The van der Waals surface area contributed by atoms with E-state index in [1.807, 2.05) is 0 Å². The number of rotatable bonds is 1. The topological polar surface area (TPSA) is 3.24 Å². The fourth-order valence-corrected chi connectivity index (χ4v) is 1.70. The van der Waals surface area contributed by atoms with Gasteiger partial charge in [0.2, 0.25) is 0 Å². The van der Waals surface area contributed by atoms with Gasteiger partial charge in [0.15, 0.2) is 0 Å². The summed E-state index contributed by atoms with van der Waals surface area (Å²) in [5.74, 6) is 0. The zero-order valence-electron chi connectivity index (χ0n) is 7.88. The summed E-state index contributed by atoms with van der Waals surface area (Å²) in [6, 6.07) is 1.38. The molecule has 0 fully saturated rings. The maximum Gasteiger partial charge on any atom is 0.0258 e. The van der Waals surface area contributed by atoms with Gasteiger partial charge in [0.1, 0.15) is 0 Å². The van der Waals surface area contributed by atoms with E-state index in [4.69, 9.17) is 0 Å². The Labute approximate surface area is 70.1 Å². The van der Waals surface area contributed by atoms with Crippen molar-refractivity contribution in [3.05, 3.63) is 12.3 Å². The molecule has 0 radical (unpaired) electrons. The second kappa shape index (κ2) is 3.80. The van der Waals surface area contributed by atoms with Gasteiger partial charge in [-0.05, 0) is 46.2 Å². The summed E-state index contributed by atoms with van der Waals surface area (Å²) in [5.41, 5.74) is 0. The fraction of sp³-hybridized carbons (Fsp3) is 0.800. The molecule has 0 spiro atoms. The highest BCUT2D eigenvalue weighted by Gasteiger charge is 2.13. The lowest BCUT2D eigenvalue weighted by molar-refractivity contribution is 0.234. The minimum atomic E-state index is 0.652. The number of hydrogen-bond acceptors (Lipinski definition) is 1. The monoisotopic (exact) mass is 153 g/mol. The van der Waals surface area contributed by atoms with E-state index in [0.29, 0.717) is 6.04 Å². The summed E-state index contributed by atoms with van der Waals surface area (Å²) >= 11 is 0. The van der Waals surface area contributed by atoms with Crippen molar-refractivity contribution in [3.8, 4) is 0 Å². The fourth-order valence-electron chi connectivity index (χ4n) is 1.70. The molecule has 1 nitrogen and oxygen atoms in total. The van der Waals surface area contributed by atoms with Crippen LogP contribution in [0.3, 0.4) is 0 Å². The summed E-state index contributed by atoms with van der Waals surface area (Å²) in [7, 11) is 0. The molecule has 11 heavy (non-hydrogen) atoms. The summed E-state index contributed by atoms with van der Waals surface area (Å²) in [6.45, 7) is 6.83. The predicted molar refractivity (Wildman–Crippen MR) is 49.4 cm³/mol. The Morgan fingerprint density at radius 1 is 1.45 bits per heavy atom. The van der Waals surface area contributed by atoms with Gasteiger partial charge in [-0.2, -0.15) is 0 Å². The maximum atomic E-state index is 2.45. The molecular weight excluding hydrogens is 134 g/mol. The first-order valence-electron chi connectivity index (χ1n) is 4.66. The van der Waals surface area contributed by atoms with Crippen molar-refractivity contribution >= 4 is 0 Å². The third-order valence-corrected chi connectivity index (χ3v) is 2.38. The molecule has 0 saturated carbocycles. The van der Waals surface area contributed by atoms with E-state index < -0.39 is 0 Å². The van der Waals surface area contributed by atoms with Crippen LogP contribution < -0.4 is 0 Å². The molecule has 0 N–H and O–H groups in total. The van der Waals surface area contributed by atoms with Crippen LogP contribution in [0.15, 0.2) is 12.3 Å². The standard InChI is InChI=1S/C10H19N/c1-9(2)11-8-6-4-5-7-10(11)3/h6,8-10H,4-5,7H2,1-3H3. The first-order valence-corrected chi connectivity index (χ1v) is 4.66. The van der Waals surface area contributed by atoms with Gasteiger partial charge in [-0.1, -0.05) is 6.08 Å². The Kier molecular flexibility index (Phi) is 2.98. The molecule has 0 bridgehead atoms. The van der Waals surface area contributed by atoms with Crippen LogP contribution in [0, 0.1) is 0 Å². The minimum absolute atomic E-state index is 0.652. The van der Waals surface area contributed by atoms with Gasteiger partial charge >= 0.3 is 0 Å². The summed E-state index contributed by atoms with van der Waals surface area (Å²) in [4.78, 5) is 2.45. The Bertz CT molecular complexity index is 138. The molecule has 64 valence electrons. The van der Waals surface area contributed by atoms with Crippen molar-refractivity contribution in [1.29, 1.82) is 0 Å². The van der Waals surface area contributed by atoms with Crippen LogP contribution in [0.5, 0.6) is 0 Å². The summed E-state index contributed by atoms with van der Waals surface area (Å²) in [6.07, 6.45) is 8.51. The van der Waals surface area contributed by atoms with Crippen LogP contribution in [0.4, 0.5) is 0 Å². The molecule has 1 unspecified atom stereocenters. The SMILES string of the molecule is CC(C)N1C=CCCCC1C. The third kappa shape index (κ3) is 2.25. The van der Waals surface area contributed by atoms with Crippen LogP contribution >= 0.6 is 0 Å². The molecule has 0 aromatic heterocycles. The minimum Gasteiger partial charge on any atom is -0.373 e. The average Bonchev–Trinajstić information content (AvgIpc) is 2.13. The molecule has 0 saturated heterocycles. The second-order valence-corrected chi connectivity index (χ2v) is 3.71. The van der Waals surface area contributed by atoms with Gasteiger partial charge in [0.05, 0.1) is 0 Å². The van der Waals surface area contributed by atoms with Crippen molar-refractivity contribution in [3.63, 3.8) is 0 Å². The van der Waals surface area contributed by atoms with Crippen LogP contribution in [0.25, 0.3) is 0 Å². The van der Waals surface area contributed by atoms with Crippen molar-refractivity contribution in [1.82, 2.24) is 4.90 Å². The number of hydrogen-bond donors (Lipinski definition) is 0. The molecule has 1 aliphatic heterocycles. The van der Waals surface area contributed by atoms with Crippen LogP contribution in [-0.4, -0.2) is 17.0 Å². The second-order valence-electron chi connectivity index (χ2n) is 3.71. The van der Waals surface area contributed by atoms with Crippen LogP contribution in [-0.2, 0) is 0 Å². The molecule has 1 aliphatic rings. The lowest BCUT2D eigenvalue weighted by Crippen LogP contribution is -2.33. The molecule has 1 heteroatoms. The van der Waals surface area contributed by atoms with Gasteiger partial charge in [0.25, 0.3) is 0 Å². The normalized spacial score (nSPS) is 25.8. The molecule has 0 amide bonds. The smallest absolute Gasteiger partial charge is 0.0258 e. The molecule has 0 aromatic rings. The van der Waals surface area contributed by atoms with Gasteiger partial charge in [-0.25, -0.2) is 0 Å². The molecule has 1 rings (SSSR count). The first kappa shape index (κ1) is 8.63. The van der Waals surface area contributed by atoms with Crippen molar-refractivity contribution in [2.75, 3.05) is 0 Å². The predicted octanol–water partition coefficient (Wildman–Crippen LogP) is 2.78. The lowest BCUT2D eigenvalue weighted by Gasteiger charge is -2.30. The largest absolute Gasteiger partial charge is 0.373 e. The zero-order valence-corrected chi connectivity index (χ0v) is 7.88. The van der Waals surface area contributed by atoms with E-state index in [0.717, 1.165) is 6.04 Å². The highest BCUT2D eigenvalue weighted by Crippen LogP contribution is 2.16. The van der Waals surface area contributed by atoms with Crippen molar-refractivity contribution < 1.29 is 0 Å². The van der Waals surface area contributed by atoms with E-state index in [9.17, 15) is 0 Å². The summed E-state index contributed by atoms with van der Waals surface area (Å²) in [5, 5.41) is 0. The van der Waals surface area contributed by atoms with Crippen molar-refractivity contribution in [2.24, 2.45) is 0 Å². The zero-order chi connectivity index (χ0) is 8.27. The molecule has 1 heterocycles. The van der Waals surface area contributed by atoms with E-state index in [1.165, 1.54) is 19.3 Å². The maximum absolute atomic E-state index is 2.45. The highest BCUT2D eigenvalue weighted by atomic mass is 15.2. The summed E-state index contributed by atoms with van der Waals surface area (Å²) < 4.78 is 0. The van der Waals surface area contributed by atoms with Crippen LogP contribution in [0.1, 0.15) is 40.0 Å². The molecule has 0 aromatic carbocycles. The van der Waals surface area contributed by atoms with Crippen molar-refractivity contribution in [2.45, 2.75) is 52.1 Å². The Balaban J connectivity index is 2.57. The molecule has 1 atom stereocenters. The lowest BCUT2D eigenvalue weighted by atomic mass is 10.1. The Morgan fingerprint density at radius 3 is 2.82 bits per heavy atom. The number of allylic oxidation sites excluding steroid dienone is 1. The average molecular weight is 153 g/mol. The first-order chi connectivity index (χ1) is 5.22. The van der Waals surface area contributed by atoms with Gasteiger partial charge in [0, 0.05) is 12.1 Å². The quantitative estimate of drug-likeness (QED) is 0.560. The van der Waals surface area contributed by atoms with E-state index in [2.05, 4.69) is 37.9 Å². The van der Waals surface area contributed by atoms with Crippen LogP contribution in [0.2, 0.25) is 0 Å². The van der Waals surface area contributed by atoms with Gasteiger partial charge < -0.3 is 4.90 Å². The molecular formula is C10H19N. The van der Waals surface area contributed by atoms with E-state index in [1.54, 1.807) is 0 Å². The molecule has 0 aliphatic carbocycles. The Morgan fingerprint density at radius 2 is 2.18 bits per heavy atom. The van der Waals surface area contributed by atoms with E-state index >= 15 is 0 Å². The Hall–Kier alpha value is -0.460. The highest BCUT2D eigenvalue weighted by molar-refractivity contribution is 4.90. The van der Waals surface area contributed by atoms with Gasteiger partial charge in [-0.3, -0.25) is 0 Å². The van der Waals surface area contributed by atoms with E-state index in [-0.39, 0.29) is 0 Å². The number of nitrogens with zero attached hydrogens (tertiary/aromatic N) is 1.